The van der Waals surface area contributed by atoms with Crippen molar-refractivity contribution in [2.45, 2.75) is 38.1 Å². The quantitative estimate of drug-likeness (QED) is 0.678. The molecule has 0 aromatic heterocycles. The summed E-state index contributed by atoms with van der Waals surface area (Å²) in [5.74, 6) is 4.03. The molecule has 6 atom stereocenters. The summed E-state index contributed by atoms with van der Waals surface area (Å²) in [6.45, 7) is 1.05. The van der Waals surface area contributed by atoms with Gasteiger partial charge in [-0.1, -0.05) is 12.2 Å². The second kappa shape index (κ2) is 4.62. The molecule has 0 bridgehead atoms. The zero-order valence-electron chi connectivity index (χ0n) is 11.4. The third-order valence-corrected chi connectivity index (χ3v) is 6.04. The molecule has 3 nitrogen and oxygen atoms in total. The van der Waals surface area contributed by atoms with Crippen LogP contribution in [0.25, 0.3) is 0 Å². The van der Waals surface area contributed by atoms with Crippen LogP contribution in [0.5, 0.6) is 0 Å². The minimum atomic E-state index is 0.0853. The molecule has 3 heteroatoms. The van der Waals surface area contributed by atoms with Crippen LogP contribution in [-0.2, 0) is 9.53 Å². The smallest absolute Gasteiger partial charge is 0.246 e. The van der Waals surface area contributed by atoms with Gasteiger partial charge in [-0.2, -0.15) is 0 Å². The third kappa shape index (κ3) is 1.94. The molecule has 0 radical (unpaired) electrons. The molecule has 2 saturated carbocycles. The monoisotopic (exact) mass is 261 g/mol. The maximum Gasteiger partial charge on any atom is 0.246 e. The van der Waals surface area contributed by atoms with Crippen molar-refractivity contribution in [1.82, 2.24) is 5.32 Å². The lowest BCUT2D eigenvalue weighted by Gasteiger charge is -2.49. The number of rotatable bonds is 0. The van der Waals surface area contributed by atoms with Crippen molar-refractivity contribution in [2.75, 3.05) is 13.2 Å². The van der Waals surface area contributed by atoms with Gasteiger partial charge in [0.25, 0.3) is 0 Å². The van der Waals surface area contributed by atoms with E-state index in [1.165, 1.54) is 25.7 Å². The van der Waals surface area contributed by atoms with E-state index in [0.29, 0.717) is 12.0 Å². The van der Waals surface area contributed by atoms with Gasteiger partial charge in [-0.15, -0.1) is 0 Å². The second-order valence-corrected chi connectivity index (χ2v) is 6.83. The minimum absolute atomic E-state index is 0.0853. The highest BCUT2D eigenvalue weighted by molar-refractivity contribution is 5.77. The zero-order valence-corrected chi connectivity index (χ0v) is 11.4. The van der Waals surface area contributed by atoms with Crippen LogP contribution < -0.4 is 5.32 Å². The highest BCUT2D eigenvalue weighted by Crippen LogP contribution is 2.52. The van der Waals surface area contributed by atoms with Gasteiger partial charge in [0.05, 0.1) is 6.61 Å². The molecule has 0 aromatic carbocycles. The average Bonchev–Trinajstić information content (AvgIpc) is 2.80. The van der Waals surface area contributed by atoms with Crippen molar-refractivity contribution in [2.24, 2.45) is 29.6 Å². The van der Waals surface area contributed by atoms with Crippen molar-refractivity contribution in [1.29, 1.82) is 0 Å². The first-order chi connectivity index (χ1) is 9.33. The van der Waals surface area contributed by atoms with Gasteiger partial charge in [0.2, 0.25) is 5.91 Å². The highest BCUT2D eigenvalue weighted by atomic mass is 16.5. The molecule has 4 aliphatic rings. The maximum absolute atomic E-state index is 11.6. The lowest BCUT2D eigenvalue weighted by molar-refractivity contribution is -0.124. The van der Waals surface area contributed by atoms with Gasteiger partial charge >= 0.3 is 0 Å². The molecule has 6 unspecified atom stereocenters. The standard InChI is InChI=1S/C16H23NO2/c18-16-9-19-8-14-13-5-4-10-2-1-3-11(10)12(13)6-7-15(14)17-16/h1-2,10-15H,3-9H2,(H,17,18). The predicted octanol–water partition coefficient (Wildman–Crippen LogP) is 2.13. The van der Waals surface area contributed by atoms with Gasteiger partial charge in [0.1, 0.15) is 6.61 Å². The Morgan fingerprint density at radius 2 is 1.89 bits per heavy atom. The van der Waals surface area contributed by atoms with E-state index >= 15 is 0 Å². The summed E-state index contributed by atoms with van der Waals surface area (Å²) in [6.07, 6.45) is 11.3. The summed E-state index contributed by atoms with van der Waals surface area (Å²) in [5.41, 5.74) is 0. The van der Waals surface area contributed by atoms with Gasteiger partial charge in [-0.05, 0) is 55.8 Å². The first kappa shape index (κ1) is 12.0. The van der Waals surface area contributed by atoms with Gasteiger partial charge in [-0.25, -0.2) is 0 Å². The summed E-state index contributed by atoms with van der Waals surface area (Å²) >= 11 is 0. The van der Waals surface area contributed by atoms with E-state index in [0.717, 1.165) is 36.7 Å². The van der Waals surface area contributed by atoms with Gasteiger partial charge in [0, 0.05) is 12.0 Å². The number of allylic oxidation sites excluding steroid dienone is 2. The summed E-state index contributed by atoms with van der Waals surface area (Å²) in [7, 11) is 0. The molecule has 4 rings (SSSR count). The normalized spacial score (nSPS) is 48.7. The van der Waals surface area contributed by atoms with E-state index in [9.17, 15) is 4.79 Å². The Balaban J connectivity index is 1.56. The first-order valence-corrected chi connectivity index (χ1v) is 7.86. The van der Waals surface area contributed by atoms with Crippen LogP contribution in [0.15, 0.2) is 12.2 Å². The Morgan fingerprint density at radius 1 is 1.05 bits per heavy atom. The van der Waals surface area contributed by atoms with Crippen molar-refractivity contribution >= 4 is 5.91 Å². The van der Waals surface area contributed by atoms with Crippen molar-refractivity contribution in [3.8, 4) is 0 Å². The molecule has 104 valence electrons. The number of fused-ring (bicyclic) bond motifs is 5. The van der Waals surface area contributed by atoms with Crippen LogP contribution in [0.2, 0.25) is 0 Å². The van der Waals surface area contributed by atoms with Crippen molar-refractivity contribution < 1.29 is 9.53 Å². The molecule has 1 heterocycles. The molecule has 1 aliphatic heterocycles. The molecule has 1 N–H and O–H groups in total. The zero-order chi connectivity index (χ0) is 12.8. The average molecular weight is 261 g/mol. The number of carbonyl (C=O) groups excluding carboxylic acids is 1. The first-order valence-electron chi connectivity index (χ1n) is 7.86. The summed E-state index contributed by atoms with van der Waals surface area (Å²) in [6, 6.07) is 0.377. The largest absolute Gasteiger partial charge is 0.371 e. The van der Waals surface area contributed by atoms with E-state index in [1.807, 2.05) is 0 Å². The highest BCUT2D eigenvalue weighted by Gasteiger charge is 2.48. The van der Waals surface area contributed by atoms with E-state index in [2.05, 4.69) is 17.5 Å². The molecular formula is C16H23NO2. The summed E-state index contributed by atoms with van der Waals surface area (Å²) in [4.78, 5) is 11.6. The predicted molar refractivity (Wildman–Crippen MR) is 72.4 cm³/mol. The molecule has 1 amide bonds. The molecule has 3 aliphatic carbocycles. The van der Waals surface area contributed by atoms with Crippen molar-refractivity contribution in [3.63, 3.8) is 0 Å². The van der Waals surface area contributed by atoms with Crippen LogP contribution in [0.1, 0.15) is 32.1 Å². The van der Waals surface area contributed by atoms with E-state index in [1.54, 1.807) is 0 Å². The topological polar surface area (TPSA) is 38.3 Å². The third-order valence-electron chi connectivity index (χ3n) is 6.04. The summed E-state index contributed by atoms with van der Waals surface area (Å²) in [5, 5.41) is 3.19. The lowest BCUT2D eigenvalue weighted by Crippen LogP contribution is -2.51. The Kier molecular flexibility index (Phi) is 2.91. The van der Waals surface area contributed by atoms with Crippen LogP contribution in [0.3, 0.4) is 0 Å². The molecule has 3 fully saturated rings. The van der Waals surface area contributed by atoms with Gasteiger partial charge in [0.15, 0.2) is 0 Å². The SMILES string of the molecule is O=C1COCC2C(CCC3C4CC=CC4CCC23)N1. The second-order valence-electron chi connectivity index (χ2n) is 6.83. The van der Waals surface area contributed by atoms with Crippen LogP contribution >= 0.6 is 0 Å². The van der Waals surface area contributed by atoms with E-state index < -0.39 is 0 Å². The Labute approximate surface area is 114 Å². The minimum Gasteiger partial charge on any atom is -0.371 e. The fourth-order valence-electron chi connectivity index (χ4n) is 5.25. The van der Waals surface area contributed by atoms with Crippen LogP contribution in [-0.4, -0.2) is 25.2 Å². The van der Waals surface area contributed by atoms with Crippen LogP contribution in [0.4, 0.5) is 0 Å². The number of carbonyl (C=O) groups is 1. The number of amides is 1. The van der Waals surface area contributed by atoms with E-state index in [-0.39, 0.29) is 12.5 Å². The van der Waals surface area contributed by atoms with Gasteiger partial charge < -0.3 is 10.1 Å². The van der Waals surface area contributed by atoms with E-state index in [4.69, 9.17) is 4.74 Å². The maximum atomic E-state index is 11.6. The fourth-order valence-corrected chi connectivity index (χ4v) is 5.25. The number of hydrogen-bond acceptors (Lipinski definition) is 2. The number of hydrogen-bond donors (Lipinski definition) is 1. The number of ether oxygens (including phenoxy) is 1. The Morgan fingerprint density at radius 3 is 2.84 bits per heavy atom. The molecule has 0 aromatic rings. The Bertz CT molecular complexity index is 406. The Hall–Kier alpha value is -0.830. The summed E-state index contributed by atoms with van der Waals surface area (Å²) < 4.78 is 5.61. The van der Waals surface area contributed by atoms with Crippen molar-refractivity contribution in [3.05, 3.63) is 12.2 Å². The number of nitrogens with one attached hydrogen (secondary N) is 1. The molecule has 1 saturated heterocycles. The molecular weight excluding hydrogens is 238 g/mol. The van der Waals surface area contributed by atoms with Gasteiger partial charge in [-0.3, -0.25) is 4.79 Å². The molecule has 0 spiro atoms. The lowest BCUT2D eigenvalue weighted by atomic mass is 9.58. The molecule has 19 heavy (non-hydrogen) atoms. The fraction of sp³-hybridized carbons (Fsp3) is 0.812. The van der Waals surface area contributed by atoms with Crippen LogP contribution in [0, 0.1) is 29.6 Å².